The highest BCUT2D eigenvalue weighted by molar-refractivity contribution is 5.82. The molecule has 2 N–H and O–H groups in total. The molecule has 0 saturated carbocycles. The number of hydrogen-bond donors (Lipinski definition) is 2. The molecule has 0 aromatic heterocycles. The number of hydrogen-bond acceptors (Lipinski definition) is 3. The molecule has 0 spiro atoms. The number of nitrogens with one attached hydrogen (secondary N) is 1. The summed E-state index contributed by atoms with van der Waals surface area (Å²) in [6, 6.07) is -0.601. The molecule has 2 aliphatic rings. The number of carbonyl (C=O) groups excluding carboxylic acids is 1. The van der Waals surface area contributed by atoms with Crippen molar-refractivity contribution in [3.05, 3.63) is 0 Å². The third-order valence-electron chi connectivity index (χ3n) is 4.30. The summed E-state index contributed by atoms with van der Waals surface area (Å²) in [4.78, 5) is 27.7. The van der Waals surface area contributed by atoms with E-state index < -0.39 is 12.0 Å². The number of nitrogens with zero attached hydrogens (tertiary/aromatic N) is 2. The monoisotopic (exact) mass is 283 g/mol. The van der Waals surface area contributed by atoms with Crippen LogP contribution in [0.3, 0.4) is 0 Å². The van der Waals surface area contributed by atoms with Gasteiger partial charge < -0.3 is 15.3 Å². The molecule has 114 valence electrons. The van der Waals surface area contributed by atoms with Crippen LogP contribution in [-0.2, 0) is 4.79 Å². The van der Waals surface area contributed by atoms with E-state index in [0.29, 0.717) is 12.6 Å². The first-order valence-corrected chi connectivity index (χ1v) is 7.51. The summed E-state index contributed by atoms with van der Waals surface area (Å²) in [6.45, 7) is 7.21. The summed E-state index contributed by atoms with van der Waals surface area (Å²) in [7, 11) is 0. The largest absolute Gasteiger partial charge is 0.480 e. The van der Waals surface area contributed by atoms with Gasteiger partial charge in [0.15, 0.2) is 0 Å². The fourth-order valence-corrected chi connectivity index (χ4v) is 3.13. The van der Waals surface area contributed by atoms with Crippen LogP contribution in [0.2, 0.25) is 0 Å². The van der Waals surface area contributed by atoms with Crippen molar-refractivity contribution < 1.29 is 14.7 Å². The van der Waals surface area contributed by atoms with Crippen LogP contribution in [0.1, 0.15) is 33.1 Å². The second-order valence-corrected chi connectivity index (χ2v) is 6.14. The van der Waals surface area contributed by atoms with E-state index in [2.05, 4.69) is 10.2 Å². The Hall–Kier alpha value is -1.30. The van der Waals surface area contributed by atoms with E-state index in [1.807, 2.05) is 0 Å². The molecule has 20 heavy (non-hydrogen) atoms. The van der Waals surface area contributed by atoms with Gasteiger partial charge >= 0.3 is 12.0 Å². The maximum atomic E-state index is 12.3. The fraction of sp³-hybridized carbons (Fsp3) is 0.857. The Bertz CT molecular complexity index is 373. The van der Waals surface area contributed by atoms with Crippen molar-refractivity contribution in [3.63, 3.8) is 0 Å². The Kier molecular flexibility index (Phi) is 4.86. The second kappa shape index (κ2) is 6.43. The maximum Gasteiger partial charge on any atom is 0.326 e. The molecule has 0 aliphatic carbocycles. The SMILES string of the molecule is CC(C)[C@@H](NC(=O)N1CCCN2CCCC2C1)C(=O)O. The van der Waals surface area contributed by atoms with Gasteiger partial charge in [0.25, 0.3) is 0 Å². The van der Waals surface area contributed by atoms with Crippen molar-refractivity contribution in [2.24, 2.45) is 5.92 Å². The average Bonchev–Trinajstić information content (AvgIpc) is 2.72. The number of carbonyl (C=O) groups is 2. The zero-order chi connectivity index (χ0) is 14.7. The topological polar surface area (TPSA) is 72.9 Å². The molecule has 2 fully saturated rings. The number of carboxylic acid groups (broad SMARTS) is 1. The number of urea groups is 1. The number of rotatable bonds is 3. The predicted molar refractivity (Wildman–Crippen MR) is 75.6 cm³/mol. The first-order chi connectivity index (χ1) is 9.49. The van der Waals surface area contributed by atoms with E-state index in [-0.39, 0.29) is 11.9 Å². The second-order valence-electron chi connectivity index (χ2n) is 6.14. The van der Waals surface area contributed by atoms with Gasteiger partial charge in [0.2, 0.25) is 0 Å². The zero-order valence-electron chi connectivity index (χ0n) is 12.3. The van der Waals surface area contributed by atoms with Gasteiger partial charge in [-0.2, -0.15) is 0 Å². The van der Waals surface area contributed by atoms with Crippen molar-refractivity contribution in [2.75, 3.05) is 26.2 Å². The summed E-state index contributed by atoms with van der Waals surface area (Å²) in [5, 5.41) is 11.8. The molecule has 0 radical (unpaired) electrons. The van der Waals surface area contributed by atoms with Crippen LogP contribution in [0.4, 0.5) is 4.79 Å². The van der Waals surface area contributed by atoms with Gasteiger partial charge in [0.1, 0.15) is 6.04 Å². The lowest BCUT2D eigenvalue weighted by Crippen LogP contribution is -2.51. The minimum atomic E-state index is -0.967. The number of fused-ring (bicyclic) bond motifs is 1. The Morgan fingerprint density at radius 1 is 1.20 bits per heavy atom. The van der Waals surface area contributed by atoms with Crippen LogP contribution in [0, 0.1) is 5.92 Å². The molecule has 2 atom stereocenters. The Labute approximate surface area is 120 Å². The van der Waals surface area contributed by atoms with Crippen LogP contribution in [-0.4, -0.2) is 65.2 Å². The zero-order valence-corrected chi connectivity index (χ0v) is 12.3. The normalized spacial score (nSPS) is 25.1. The van der Waals surface area contributed by atoms with Gasteiger partial charge in [-0.25, -0.2) is 9.59 Å². The number of aliphatic carboxylic acids is 1. The van der Waals surface area contributed by atoms with Gasteiger partial charge in [-0.15, -0.1) is 0 Å². The van der Waals surface area contributed by atoms with Crippen molar-refractivity contribution in [3.8, 4) is 0 Å². The molecular formula is C14H25N3O3. The summed E-state index contributed by atoms with van der Waals surface area (Å²) in [5.41, 5.74) is 0. The van der Waals surface area contributed by atoms with Crippen molar-refractivity contribution in [1.82, 2.24) is 15.1 Å². The molecule has 6 heteroatoms. The molecule has 0 aromatic carbocycles. The Morgan fingerprint density at radius 2 is 1.90 bits per heavy atom. The van der Waals surface area contributed by atoms with Gasteiger partial charge in [-0.3, -0.25) is 4.90 Å². The van der Waals surface area contributed by atoms with Gasteiger partial charge in [0.05, 0.1) is 0 Å². The maximum absolute atomic E-state index is 12.3. The summed E-state index contributed by atoms with van der Waals surface area (Å²) < 4.78 is 0. The first-order valence-electron chi connectivity index (χ1n) is 7.51. The van der Waals surface area contributed by atoms with E-state index >= 15 is 0 Å². The molecule has 6 nitrogen and oxygen atoms in total. The fourth-order valence-electron chi connectivity index (χ4n) is 3.13. The minimum Gasteiger partial charge on any atom is -0.480 e. The minimum absolute atomic E-state index is 0.119. The molecular weight excluding hydrogens is 258 g/mol. The van der Waals surface area contributed by atoms with Crippen molar-refractivity contribution in [2.45, 2.75) is 45.2 Å². The lowest BCUT2D eigenvalue weighted by molar-refractivity contribution is -0.140. The molecule has 0 bridgehead atoms. The van der Waals surface area contributed by atoms with Gasteiger partial charge in [0, 0.05) is 25.7 Å². The van der Waals surface area contributed by atoms with Crippen LogP contribution < -0.4 is 5.32 Å². The molecule has 2 rings (SSSR count). The number of amides is 2. The molecule has 2 saturated heterocycles. The van der Waals surface area contributed by atoms with Crippen LogP contribution in [0.15, 0.2) is 0 Å². The van der Waals surface area contributed by atoms with E-state index in [4.69, 9.17) is 5.11 Å². The van der Waals surface area contributed by atoms with Gasteiger partial charge in [-0.05, 0) is 31.7 Å². The third-order valence-corrected chi connectivity index (χ3v) is 4.30. The highest BCUT2D eigenvalue weighted by Gasteiger charge is 2.32. The standard InChI is InChI=1S/C14H25N3O3/c1-10(2)12(13(18)19)15-14(20)17-8-4-7-16-6-3-5-11(16)9-17/h10-12H,3-9H2,1-2H3,(H,15,20)(H,18,19)/t11?,12-/m1/s1. The highest BCUT2D eigenvalue weighted by atomic mass is 16.4. The Morgan fingerprint density at radius 3 is 2.55 bits per heavy atom. The highest BCUT2D eigenvalue weighted by Crippen LogP contribution is 2.21. The lowest BCUT2D eigenvalue weighted by atomic mass is 10.1. The van der Waals surface area contributed by atoms with E-state index in [1.54, 1.807) is 18.7 Å². The summed E-state index contributed by atoms with van der Waals surface area (Å²) in [5.74, 6) is -1.09. The molecule has 1 unspecified atom stereocenters. The van der Waals surface area contributed by atoms with Crippen molar-refractivity contribution >= 4 is 12.0 Å². The van der Waals surface area contributed by atoms with Crippen LogP contribution in [0.25, 0.3) is 0 Å². The number of carboxylic acids is 1. The quantitative estimate of drug-likeness (QED) is 0.809. The Balaban J connectivity index is 1.95. The van der Waals surface area contributed by atoms with Crippen LogP contribution >= 0.6 is 0 Å². The molecule has 2 amide bonds. The van der Waals surface area contributed by atoms with Gasteiger partial charge in [-0.1, -0.05) is 13.8 Å². The van der Waals surface area contributed by atoms with E-state index in [9.17, 15) is 9.59 Å². The smallest absolute Gasteiger partial charge is 0.326 e. The molecule has 0 aromatic rings. The average molecular weight is 283 g/mol. The first kappa shape index (κ1) is 15.1. The molecule has 2 heterocycles. The van der Waals surface area contributed by atoms with Crippen LogP contribution in [0.5, 0.6) is 0 Å². The van der Waals surface area contributed by atoms with Crippen molar-refractivity contribution in [1.29, 1.82) is 0 Å². The summed E-state index contributed by atoms with van der Waals surface area (Å²) >= 11 is 0. The third kappa shape index (κ3) is 3.42. The lowest BCUT2D eigenvalue weighted by Gasteiger charge is -2.28. The molecule has 2 aliphatic heterocycles. The predicted octanol–water partition coefficient (Wildman–Crippen LogP) is 0.975. The van der Waals surface area contributed by atoms with E-state index in [0.717, 1.165) is 32.5 Å². The van der Waals surface area contributed by atoms with E-state index in [1.165, 1.54) is 6.42 Å². The summed E-state index contributed by atoms with van der Waals surface area (Å²) in [6.07, 6.45) is 3.30.